The van der Waals surface area contributed by atoms with Gasteiger partial charge in [-0.3, -0.25) is 9.78 Å². The molecule has 0 radical (unpaired) electrons. The summed E-state index contributed by atoms with van der Waals surface area (Å²) in [5.41, 5.74) is 8.56. The number of rotatable bonds is 8. The van der Waals surface area contributed by atoms with Crippen molar-refractivity contribution in [3.05, 3.63) is 47.9 Å². The van der Waals surface area contributed by atoms with Gasteiger partial charge in [-0.2, -0.15) is 9.61 Å². The number of hydrogen-bond donors (Lipinski definition) is 2. The van der Waals surface area contributed by atoms with E-state index in [4.69, 9.17) is 15.5 Å². The highest BCUT2D eigenvalue weighted by Crippen LogP contribution is 2.29. The first-order valence-electron chi connectivity index (χ1n) is 11.2. The molecule has 9 heteroatoms. The summed E-state index contributed by atoms with van der Waals surface area (Å²) >= 11 is 0. The number of ether oxygens (including phenoxy) is 1. The zero-order valence-corrected chi connectivity index (χ0v) is 18.7. The van der Waals surface area contributed by atoms with Crippen LogP contribution >= 0.6 is 0 Å². The molecule has 4 rings (SSSR count). The minimum atomic E-state index is -0.597. The Bertz CT molecular complexity index is 1050. The third-order valence-electron chi connectivity index (χ3n) is 5.82. The molecule has 0 amide bonds. The number of nitrogens with two attached hydrogens (primary N) is 1. The van der Waals surface area contributed by atoms with E-state index in [2.05, 4.69) is 26.4 Å². The fourth-order valence-electron chi connectivity index (χ4n) is 4.06. The number of nitrogens with one attached hydrogen (secondary N) is 1. The van der Waals surface area contributed by atoms with Crippen molar-refractivity contribution in [3.63, 3.8) is 0 Å². The van der Waals surface area contributed by atoms with Crippen LogP contribution in [-0.4, -0.2) is 50.8 Å². The molecular weight excluding hydrogens is 406 g/mol. The number of carbonyl (C=O) groups is 1. The predicted octanol–water partition coefficient (Wildman–Crippen LogP) is 2.68. The number of esters is 1. The van der Waals surface area contributed by atoms with Crippen LogP contribution in [0.25, 0.3) is 5.65 Å². The molecule has 1 saturated heterocycles. The van der Waals surface area contributed by atoms with Gasteiger partial charge >= 0.3 is 5.97 Å². The standard InChI is InChI=1S/C23H31N7O2/c1-16-13-27-30-20(26-15-18-6-5-9-25-14-18)12-21(28-22(16)30)29-10-4-3-7-19(29)8-11-32-23(31)17(2)24/h5-6,9,12-14,17,19,26H,3-4,7-8,10-11,15,24H2,1-2H3/t17-,19+/m1/s1. The van der Waals surface area contributed by atoms with Crippen molar-refractivity contribution in [2.45, 2.75) is 58.2 Å². The lowest BCUT2D eigenvalue weighted by Crippen LogP contribution is -2.41. The van der Waals surface area contributed by atoms with Gasteiger partial charge in [0.25, 0.3) is 0 Å². The van der Waals surface area contributed by atoms with Crippen molar-refractivity contribution in [2.75, 3.05) is 23.4 Å². The summed E-state index contributed by atoms with van der Waals surface area (Å²) in [6, 6.07) is 5.69. The van der Waals surface area contributed by atoms with E-state index in [0.717, 1.165) is 60.6 Å². The molecule has 0 spiro atoms. The van der Waals surface area contributed by atoms with Crippen LogP contribution in [0.1, 0.15) is 43.7 Å². The summed E-state index contributed by atoms with van der Waals surface area (Å²) in [6.07, 6.45) is 9.52. The molecule has 32 heavy (non-hydrogen) atoms. The molecule has 1 fully saturated rings. The Morgan fingerprint density at radius 1 is 1.38 bits per heavy atom. The Morgan fingerprint density at radius 2 is 2.25 bits per heavy atom. The number of aryl methyl sites for hydroxylation is 1. The topological polar surface area (TPSA) is 111 Å². The maximum atomic E-state index is 11.7. The number of pyridine rings is 1. The summed E-state index contributed by atoms with van der Waals surface area (Å²) in [5.74, 6) is 1.44. The summed E-state index contributed by atoms with van der Waals surface area (Å²) in [6.45, 7) is 5.58. The molecule has 9 nitrogen and oxygen atoms in total. The van der Waals surface area contributed by atoms with Crippen LogP contribution in [0.5, 0.6) is 0 Å². The van der Waals surface area contributed by atoms with Crippen LogP contribution in [-0.2, 0) is 16.1 Å². The summed E-state index contributed by atoms with van der Waals surface area (Å²) in [7, 11) is 0. The van der Waals surface area contributed by atoms with E-state index >= 15 is 0 Å². The Hall–Kier alpha value is -3.20. The SMILES string of the molecule is Cc1cnn2c(NCc3cccnc3)cc(N3CCCC[C@H]3CCOC(=O)[C@@H](C)N)nc12. The van der Waals surface area contributed by atoms with Crippen molar-refractivity contribution in [2.24, 2.45) is 5.73 Å². The predicted molar refractivity (Wildman–Crippen MR) is 123 cm³/mol. The van der Waals surface area contributed by atoms with E-state index in [9.17, 15) is 4.79 Å². The number of nitrogens with zero attached hydrogens (tertiary/aromatic N) is 5. The minimum Gasteiger partial charge on any atom is -0.464 e. The molecule has 0 bridgehead atoms. The highest BCUT2D eigenvalue weighted by Gasteiger charge is 2.25. The average molecular weight is 438 g/mol. The van der Waals surface area contributed by atoms with E-state index < -0.39 is 6.04 Å². The van der Waals surface area contributed by atoms with E-state index in [1.54, 1.807) is 13.1 Å². The first-order chi connectivity index (χ1) is 15.5. The largest absolute Gasteiger partial charge is 0.464 e. The molecule has 0 unspecified atom stereocenters. The lowest BCUT2D eigenvalue weighted by molar-refractivity contribution is -0.144. The molecule has 2 atom stereocenters. The average Bonchev–Trinajstić information content (AvgIpc) is 3.19. The number of fused-ring (bicyclic) bond motifs is 1. The zero-order valence-electron chi connectivity index (χ0n) is 18.7. The fourth-order valence-corrected chi connectivity index (χ4v) is 4.06. The maximum Gasteiger partial charge on any atom is 0.322 e. The molecule has 0 saturated carbocycles. The fraction of sp³-hybridized carbons (Fsp3) is 0.478. The summed E-state index contributed by atoms with van der Waals surface area (Å²) < 4.78 is 7.18. The van der Waals surface area contributed by atoms with Crippen LogP contribution in [0.3, 0.4) is 0 Å². The van der Waals surface area contributed by atoms with Crippen molar-refractivity contribution < 1.29 is 9.53 Å². The van der Waals surface area contributed by atoms with Gasteiger partial charge < -0.3 is 20.7 Å². The Morgan fingerprint density at radius 3 is 3.03 bits per heavy atom. The van der Waals surface area contributed by atoms with Gasteiger partial charge in [0.1, 0.15) is 17.7 Å². The Balaban J connectivity index is 1.56. The Labute approximate surface area is 188 Å². The molecule has 3 aromatic rings. The monoisotopic (exact) mass is 437 g/mol. The van der Waals surface area contributed by atoms with Crippen molar-refractivity contribution in [1.29, 1.82) is 0 Å². The van der Waals surface area contributed by atoms with Crippen molar-refractivity contribution >= 4 is 23.3 Å². The number of anilines is 2. The van der Waals surface area contributed by atoms with Crippen molar-refractivity contribution in [3.8, 4) is 0 Å². The van der Waals surface area contributed by atoms with Crippen LogP contribution in [0.15, 0.2) is 36.8 Å². The minimum absolute atomic E-state index is 0.258. The molecule has 0 aliphatic carbocycles. The van der Waals surface area contributed by atoms with Crippen molar-refractivity contribution in [1.82, 2.24) is 19.6 Å². The number of carbonyl (C=O) groups excluding carboxylic acids is 1. The summed E-state index contributed by atoms with van der Waals surface area (Å²) in [4.78, 5) is 23.2. The summed E-state index contributed by atoms with van der Waals surface area (Å²) in [5, 5.41) is 8.00. The van der Waals surface area contributed by atoms with Gasteiger partial charge in [-0.15, -0.1) is 0 Å². The van der Waals surface area contributed by atoms with Crippen LogP contribution in [0.2, 0.25) is 0 Å². The van der Waals surface area contributed by atoms with E-state index in [-0.39, 0.29) is 12.0 Å². The second-order valence-electron chi connectivity index (χ2n) is 8.37. The third kappa shape index (κ3) is 4.99. The van der Waals surface area contributed by atoms with Gasteiger partial charge in [0.05, 0.1) is 12.8 Å². The molecule has 4 heterocycles. The number of hydrogen-bond acceptors (Lipinski definition) is 8. The Kier molecular flexibility index (Phi) is 6.84. The molecule has 3 N–H and O–H groups in total. The lowest BCUT2D eigenvalue weighted by atomic mass is 9.99. The second-order valence-corrected chi connectivity index (χ2v) is 8.37. The lowest BCUT2D eigenvalue weighted by Gasteiger charge is -2.37. The van der Waals surface area contributed by atoms with Crippen LogP contribution in [0, 0.1) is 6.92 Å². The molecule has 1 aliphatic rings. The van der Waals surface area contributed by atoms with Gasteiger partial charge in [-0.05, 0) is 44.7 Å². The van der Waals surface area contributed by atoms with E-state index in [1.807, 2.05) is 36.0 Å². The molecule has 1 aliphatic heterocycles. The quantitative estimate of drug-likeness (QED) is 0.518. The normalized spacial score (nSPS) is 17.3. The highest BCUT2D eigenvalue weighted by molar-refractivity contribution is 5.74. The van der Waals surface area contributed by atoms with Gasteiger partial charge in [0.2, 0.25) is 0 Å². The van der Waals surface area contributed by atoms with E-state index in [0.29, 0.717) is 13.2 Å². The zero-order chi connectivity index (χ0) is 22.5. The van der Waals surface area contributed by atoms with Gasteiger partial charge in [-0.1, -0.05) is 6.07 Å². The molecule has 0 aromatic carbocycles. The first kappa shape index (κ1) is 22.0. The van der Waals surface area contributed by atoms with Crippen LogP contribution in [0.4, 0.5) is 11.6 Å². The molecule has 3 aromatic heterocycles. The second kappa shape index (κ2) is 9.95. The highest BCUT2D eigenvalue weighted by atomic mass is 16.5. The molecule has 170 valence electrons. The third-order valence-corrected chi connectivity index (χ3v) is 5.82. The maximum absolute atomic E-state index is 11.7. The van der Waals surface area contributed by atoms with Gasteiger partial charge in [-0.25, -0.2) is 4.98 Å². The van der Waals surface area contributed by atoms with E-state index in [1.165, 1.54) is 0 Å². The number of aromatic nitrogens is 4. The first-order valence-corrected chi connectivity index (χ1v) is 11.2. The molecular formula is C23H31N7O2. The smallest absolute Gasteiger partial charge is 0.322 e. The number of piperidine rings is 1. The van der Waals surface area contributed by atoms with Gasteiger partial charge in [0.15, 0.2) is 5.65 Å². The van der Waals surface area contributed by atoms with Crippen LogP contribution < -0.4 is 16.0 Å². The van der Waals surface area contributed by atoms with Gasteiger partial charge in [0, 0.05) is 49.6 Å².